The highest BCUT2D eigenvalue weighted by Crippen LogP contribution is 2.33. The second kappa shape index (κ2) is 7.33. The van der Waals surface area contributed by atoms with E-state index in [4.69, 9.17) is 12.2 Å². The van der Waals surface area contributed by atoms with Crippen molar-refractivity contribution in [1.82, 2.24) is 14.9 Å². The lowest BCUT2D eigenvalue weighted by Crippen LogP contribution is -2.40. The molecule has 4 rings (SSSR count). The predicted molar refractivity (Wildman–Crippen MR) is 111 cm³/mol. The van der Waals surface area contributed by atoms with Gasteiger partial charge < -0.3 is 10.6 Å². The van der Waals surface area contributed by atoms with Crippen LogP contribution in [0.5, 0.6) is 0 Å². The first-order valence-electron chi connectivity index (χ1n) is 7.13. The van der Waals surface area contributed by atoms with Crippen molar-refractivity contribution in [3.8, 4) is 0 Å². The molecule has 1 aromatic heterocycles. The van der Waals surface area contributed by atoms with E-state index in [1.165, 1.54) is 11.8 Å². The SMILES string of the molecule is Cl.O=C1C(NC(=S)Nc2cccc(Br)c2)Sc2nc3ccccc3n21. The summed E-state index contributed by atoms with van der Waals surface area (Å²) in [7, 11) is 0. The van der Waals surface area contributed by atoms with E-state index in [1.807, 2.05) is 48.5 Å². The van der Waals surface area contributed by atoms with Crippen molar-refractivity contribution in [2.24, 2.45) is 0 Å². The van der Waals surface area contributed by atoms with Crippen molar-refractivity contribution in [3.63, 3.8) is 0 Å². The molecule has 1 unspecified atom stereocenters. The predicted octanol–water partition coefficient (Wildman–Crippen LogP) is 4.28. The lowest BCUT2D eigenvalue weighted by Gasteiger charge is -2.14. The summed E-state index contributed by atoms with van der Waals surface area (Å²) in [4.78, 5) is 17.2. The van der Waals surface area contributed by atoms with Gasteiger partial charge in [-0.25, -0.2) is 4.98 Å². The molecular weight excluding hydrogens is 444 g/mol. The number of para-hydroxylation sites is 2. The van der Waals surface area contributed by atoms with Gasteiger partial charge in [0, 0.05) is 10.2 Å². The Balaban J connectivity index is 0.00000182. The minimum Gasteiger partial charge on any atom is -0.342 e. The van der Waals surface area contributed by atoms with Gasteiger partial charge in [-0.2, -0.15) is 0 Å². The third-order valence-electron chi connectivity index (χ3n) is 3.54. The Kier molecular flexibility index (Phi) is 5.33. The molecule has 0 bridgehead atoms. The molecule has 1 aliphatic heterocycles. The average molecular weight is 456 g/mol. The van der Waals surface area contributed by atoms with Crippen LogP contribution in [0.15, 0.2) is 58.2 Å². The highest BCUT2D eigenvalue weighted by atomic mass is 79.9. The number of carbonyl (C=O) groups excluding carboxylic acids is 1. The molecule has 9 heteroatoms. The minimum atomic E-state index is -0.482. The van der Waals surface area contributed by atoms with E-state index in [1.54, 1.807) is 4.57 Å². The van der Waals surface area contributed by atoms with E-state index < -0.39 is 5.37 Å². The number of halogens is 2. The topological polar surface area (TPSA) is 59.0 Å². The normalized spacial score (nSPS) is 15.6. The van der Waals surface area contributed by atoms with Crippen LogP contribution < -0.4 is 10.6 Å². The van der Waals surface area contributed by atoms with Crippen LogP contribution in [0.4, 0.5) is 5.69 Å². The fourth-order valence-corrected chi connectivity index (χ4v) is 4.26. The summed E-state index contributed by atoms with van der Waals surface area (Å²) in [6, 6.07) is 15.3. The van der Waals surface area contributed by atoms with E-state index in [9.17, 15) is 4.79 Å². The lowest BCUT2D eigenvalue weighted by molar-refractivity contribution is 0.0910. The number of anilines is 1. The van der Waals surface area contributed by atoms with Crippen molar-refractivity contribution < 1.29 is 4.79 Å². The molecular formula is C16H12BrClN4OS2. The van der Waals surface area contributed by atoms with Crippen LogP contribution in [0.3, 0.4) is 0 Å². The van der Waals surface area contributed by atoms with Crippen LogP contribution >= 0.6 is 52.3 Å². The first kappa shape index (κ1) is 18.2. The summed E-state index contributed by atoms with van der Waals surface area (Å²) in [5, 5.41) is 6.73. The van der Waals surface area contributed by atoms with Crippen LogP contribution in [0.1, 0.15) is 4.79 Å². The van der Waals surface area contributed by atoms with E-state index in [0.29, 0.717) is 10.3 Å². The van der Waals surface area contributed by atoms with Crippen LogP contribution in [-0.4, -0.2) is 25.9 Å². The zero-order valence-corrected chi connectivity index (χ0v) is 16.6. The number of nitrogens with zero attached hydrogens (tertiary/aromatic N) is 2. The number of thiocarbonyl (C=S) groups is 1. The maximum absolute atomic E-state index is 12.7. The molecule has 0 spiro atoms. The van der Waals surface area contributed by atoms with E-state index >= 15 is 0 Å². The number of imidazole rings is 1. The lowest BCUT2D eigenvalue weighted by atomic mass is 10.3. The average Bonchev–Trinajstić information content (AvgIpc) is 3.04. The summed E-state index contributed by atoms with van der Waals surface area (Å²) in [6.45, 7) is 0. The Morgan fingerprint density at radius 3 is 2.84 bits per heavy atom. The summed E-state index contributed by atoms with van der Waals surface area (Å²) in [6.07, 6.45) is 0. The molecule has 3 aromatic rings. The molecule has 25 heavy (non-hydrogen) atoms. The molecule has 0 saturated carbocycles. The van der Waals surface area contributed by atoms with E-state index in [0.717, 1.165) is 21.2 Å². The Morgan fingerprint density at radius 1 is 1.24 bits per heavy atom. The maximum atomic E-state index is 12.7. The summed E-state index contributed by atoms with van der Waals surface area (Å²) in [5.74, 6) is -0.0675. The molecule has 0 aliphatic carbocycles. The van der Waals surface area contributed by atoms with Gasteiger partial charge in [-0.1, -0.05) is 45.9 Å². The third kappa shape index (κ3) is 3.52. The van der Waals surface area contributed by atoms with Crippen LogP contribution in [0, 0.1) is 0 Å². The molecule has 0 saturated heterocycles. The number of benzene rings is 2. The van der Waals surface area contributed by atoms with Gasteiger partial charge >= 0.3 is 0 Å². The number of carbonyl (C=O) groups is 1. The van der Waals surface area contributed by atoms with Gasteiger partial charge in [0.2, 0.25) is 0 Å². The summed E-state index contributed by atoms with van der Waals surface area (Å²) in [5.41, 5.74) is 2.49. The van der Waals surface area contributed by atoms with Crippen molar-refractivity contribution in [3.05, 3.63) is 53.0 Å². The molecule has 2 heterocycles. The Morgan fingerprint density at radius 2 is 2.04 bits per heavy atom. The molecule has 5 nitrogen and oxygen atoms in total. The van der Waals surface area contributed by atoms with Gasteiger partial charge in [0.05, 0.1) is 11.0 Å². The van der Waals surface area contributed by atoms with Crippen molar-refractivity contribution in [1.29, 1.82) is 0 Å². The number of hydrogen-bond donors (Lipinski definition) is 2. The molecule has 2 aromatic carbocycles. The monoisotopic (exact) mass is 454 g/mol. The van der Waals surface area contributed by atoms with Crippen LogP contribution in [0.2, 0.25) is 0 Å². The van der Waals surface area contributed by atoms with Gasteiger partial charge in [0.1, 0.15) is 0 Å². The molecule has 1 atom stereocenters. The zero-order chi connectivity index (χ0) is 16.7. The van der Waals surface area contributed by atoms with Crippen molar-refractivity contribution in [2.45, 2.75) is 10.5 Å². The molecule has 128 valence electrons. The number of thioether (sulfide) groups is 1. The Bertz CT molecular complexity index is 978. The first-order chi connectivity index (χ1) is 11.6. The molecule has 0 radical (unpaired) electrons. The van der Waals surface area contributed by atoms with Crippen molar-refractivity contribution >= 4 is 80.1 Å². The number of aromatic nitrogens is 2. The maximum Gasteiger partial charge on any atom is 0.266 e. The van der Waals surface area contributed by atoms with Gasteiger partial charge in [0.25, 0.3) is 5.91 Å². The van der Waals surface area contributed by atoms with E-state index in [2.05, 4.69) is 31.5 Å². The number of hydrogen-bond acceptors (Lipinski definition) is 4. The number of rotatable bonds is 2. The smallest absolute Gasteiger partial charge is 0.266 e. The first-order valence-corrected chi connectivity index (χ1v) is 9.21. The van der Waals surface area contributed by atoms with Crippen LogP contribution in [0.25, 0.3) is 11.0 Å². The highest BCUT2D eigenvalue weighted by molar-refractivity contribution is 9.10. The minimum absolute atomic E-state index is 0. The van der Waals surface area contributed by atoms with Gasteiger partial charge in [0.15, 0.2) is 15.6 Å². The molecule has 0 amide bonds. The molecule has 1 aliphatic rings. The quantitative estimate of drug-likeness (QED) is 0.563. The third-order valence-corrected chi connectivity index (χ3v) is 5.30. The number of fused-ring (bicyclic) bond motifs is 3. The van der Waals surface area contributed by atoms with Crippen LogP contribution in [-0.2, 0) is 0 Å². The van der Waals surface area contributed by atoms with Gasteiger partial charge in [-0.3, -0.25) is 9.36 Å². The second-order valence-corrected chi connectivity index (χ2v) is 7.56. The summed E-state index contributed by atoms with van der Waals surface area (Å²) < 4.78 is 2.59. The standard InChI is InChI=1S/C16H11BrN4OS2.ClH/c17-9-4-3-5-10(8-9)18-15(23)20-13-14(22)21-12-7-2-1-6-11(12)19-16(21)24-13;/h1-8,13H,(H2,18,20,23);1H. The molecule has 0 fully saturated rings. The van der Waals surface area contributed by atoms with E-state index in [-0.39, 0.29) is 18.3 Å². The van der Waals surface area contributed by atoms with Gasteiger partial charge in [-0.15, -0.1) is 12.4 Å². The zero-order valence-electron chi connectivity index (χ0n) is 12.6. The fraction of sp³-hybridized carbons (Fsp3) is 0.0625. The second-order valence-electron chi connectivity index (χ2n) is 5.16. The fourth-order valence-electron chi connectivity index (χ4n) is 2.51. The number of nitrogens with one attached hydrogen (secondary N) is 2. The van der Waals surface area contributed by atoms with Crippen molar-refractivity contribution in [2.75, 3.05) is 5.32 Å². The largest absolute Gasteiger partial charge is 0.342 e. The Labute approximate surface area is 168 Å². The summed E-state index contributed by atoms with van der Waals surface area (Å²) >= 11 is 10.1. The molecule has 2 N–H and O–H groups in total. The highest BCUT2D eigenvalue weighted by Gasteiger charge is 2.34. The Hall–Kier alpha value is -1.61. The van der Waals surface area contributed by atoms with Gasteiger partial charge in [-0.05, 0) is 42.5 Å².